The van der Waals surface area contributed by atoms with E-state index in [4.69, 9.17) is 4.98 Å². The molecule has 0 unspecified atom stereocenters. The molecule has 2 aliphatic heterocycles. The molecule has 2 amide bonds. The summed E-state index contributed by atoms with van der Waals surface area (Å²) in [6, 6.07) is 16.1. The predicted octanol–water partition coefficient (Wildman–Crippen LogP) is 4.49. The van der Waals surface area contributed by atoms with E-state index in [2.05, 4.69) is 6.07 Å². The quantitative estimate of drug-likeness (QED) is 0.620. The van der Waals surface area contributed by atoms with E-state index in [0.717, 1.165) is 45.2 Å². The first kappa shape index (κ1) is 18.6. The molecule has 3 aromatic rings. The molecule has 0 bridgehead atoms. The summed E-state index contributed by atoms with van der Waals surface area (Å²) in [6.07, 6.45) is 2.29. The summed E-state index contributed by atoms with van der Waals surface area (Å²) in [6.45, 7) is 1.19. The van der Waals surface area contributed by atoms with Gasteiger partial charge in [-0.3, -0.25) is 9.59 Å². The number of para-hydroxylation sites is 2. The van der Waals surface area contributed by atoms with Crippen LogP contribution in [0.5, 0.6) is 0 Å². The Bertz CT molecular complexity index is 1050. The number of likely N-dealkylation sites (tertiary alicyclic amines) is 1. The SMILES string of the molecule is O=C1CSc2ccccc2N1CCC(=O)N1CCC[C@@H]1c1nc2ccccc2s1. The van der Waals surface area contributed by atoms with Crippen molar-refractivity contribution in [2.45, 2.75) is 30.2 Å². The summed E-state index contributed by atoms with van der Waals surface area (Å²) in [7, 11) is 0. The van der Waals surface area contributed by atoms with E-state index in [0.29, 0.717) is 18.7 Å². The predicted molar refractivity (Wildman–Crippen MR) is 117 cm³/mol. The van der Waals surface area contributed by atoms with Crippen molar-refractivity contribution in [1.82, 2.24) is 9.88 Å². The monoisotopic (exact) mass is 423 g/mol. The number of aromatic nitrogens is 1. The Morgan fingerprint density at radius 1 is 1.14 bits per heavy atom. The Labute approximate surface area is 177 Å². The molecular weight excluding hydrogens is 402 g/mol. The Hall–Kier alpha value is -2.38. The van der Waals surface area contributed by atoms with E-state index in [1.54, 1.807) is 28.0 Å². The summed E-state index contributed by atoms with van der Waals surface area (Å²) in [5, 5.41) is 1.02. The summed E-state index contributed by atoms with van der Waals surface area (Å²) in [4.78, 5) is 35.1. The van der Waals surface area contributed by atoms with Gasteiger partial charge in [-0.15, -0.1) is 23.1 Å². The normalized spacial score (nSPS) is 19.0. The van der Waals surface area contributed by atoms with Crippen molar-refractivity contribution in [1.29, 1.82) is 0 Å². The van der Waals surface area contributed by atoms with Gasteiger partial charge in [0.2, 0.25) is 11.8 Å². The zero-order valence-electron chi connectivity index (χ0n) is 15.9. The second-order valence-corrected chi connectivity index (χ2v) is 9.40. The van der Waals surface area contributed by atoms with Gasteiger partial charge in [0.15, 0.2) is 0 Å². The van der Waals surface area contributed by atoms with Gasteiger partial charge in [0.05, 0.1) is 27.7 Å². The molecule has 0 spiro atoms. The number of anilines is 1. The van der Waals surface area contributed by atoms with Crippen molar-refractivity contribution >= 4 is 50.8 Å². The maximum atomic E-state index is 13.1. The summed E-state index contributed by atoms with van der Waals surface area (Å²) in [5.74, 6) is 0.615. The fraction of sp³-hybridized carbons (Fsp3) is 0.318. The highest BCUT2D eigenvalue weighted by Gasteiger charge is 2.33. The van der Waals surface area contributed by atoms with Gasteiger partial charge in [-0.05, 0) is 37.1 Å². The highest BCUT2D eigenvalue weighted by Crippen LogP contribution is 2.38. The molecule has 1 saturated heterocycles. The van der Waals surface area contributed by atoms with E-state index < -0.39 is 0 Å². The van der Waals surface area contributed by atoms with Crippen molar-refractivity contribution in [3.63, 3.8) is 0 Å². The Morgan fingerprint density at radius 2 is 1.97 bits per heavy atom. The van der Waals surface area contributed by atoms with Crippen LogP contribution in [0.25, 0.3) is 10.2 Å². The van der Waals surface area contributed by atoms with Crippen molar-refractivity contribution in [3.05, 3.63) is 53.5 Å². The number of thioether (sulfide) groups is 1. The first-order chi connectivity index (χ1) is 14.2. The molecule has 1 aromatic heterocycles. The molecular formula is C22H21N3O2S2. The van der Waals surface area contributed by atoms with Crippen LogP contribution in [0.2, 0.25) is 0 Å². The van der Waals surface area contributed by atoms with E-state index >= 15 is 0 Å². The summed E-state index contributed by atoms with van der Waals surface area (Å²) in [5.41, 5.74) is 1.92. The minimum Gasteiger partial charge on any atom is -0.333 e. The topological polar surface area (TPSA) is 53.5 Å². The lowest BCUT2D eigenvalue weighted by Gasteiger charge is -2.30. The third-order valence-electron chi connectivity index (χ3n) is 5.53. The van der Waals surface area contributed by atoms with Crippen LogP contribution in [0.1, 0.15) is 30.3 Å². The van der Waals surface area contributed by atoms with Crippen LogP contribution in [0, 0.1) is 0 Å². The fourth-order valence-electron chi connectivity index (χ4n) is 4.10. The largest absolute Gasteiger partial charge is 0.333 e. The molecule has 2 aromatic carbocycles. The van der Waals surface area contributed by atoms with Gasteiger partial charge in [-0.2, -0.15) is 0 Å². The number of benzene rings is 2. The Balaban J connectivity index is 1.31. The van der Waals surface area contributed by atoms with Crippen LogP contribution in [0.4, 0.5) is 5.69 Å². The van der Waals surface area contributed by atoms with Crippen LogP contribution in [0.3, 0.4) is 0 Å². The molecule has 0 saturated carbocycles. The lowest BCUT2D eigenvalue weighted by Crippen LogP contribution is -2.39. The Morgan fingerprint density at radius 3 is 2.86 bits per heavy atom. The third-order valence-corrected chi connectivity index (χ3v) is 7.71. The lowest BCUT2D eigenvalue weighted by molar-refractivity contribution is -0.132. The first-order valence-electron chi connectivity index (χ1n) is 9.88. The molecule has 1 fully saturated rings. The van der Waals surface area contributed by atoms with E-state index in [-0.39, 0.29) is 17.9 Å². The number of carbonyl (C=O) groups is 2. The molecule has 0 radical (unpaired) electrons. The first-order valence-corrected chi connectivity index (χ1v) is 11.7. The lowest BCUT2D eigenvalue weighted by atomic mass is 10.2. The minimum absolute atomic E-state index is 0.0554. The maximum absolute atomic E-state index is 13.1. The Kier molecular flexibility index (Phi) is 5.01. The average Bonchev–Trinajstić information content (AvgIpc) is 3.39. The van der Waals surface area contributed by atoms with E-state index in [1.165, 1.54) is 0 Å². The number of fused-ring (bicyclic) bond motifs is 2. The van der Waals surface area contributed by atoms with Gasteiger partial charge in [0.1, 0.15) is 5.01 Å². The average molecular weight is 424 g/mol. The molecule has 5 nitrogen and oxygen atoms in total. The van der Waals surface area contributed by atoms with Crippen molar-refractivity contribution in [2.75, 3.05) is 23.7 Å². The maximum Gasteiger partial charge on any atom is 0.237 e. The van der Waals surface area contributed by atoms with Crippen LogP contribution in [-0.4, -0.2) is 40.5 Å². The number of thiazole rings is 1. The number of amides is 2. The number of rotatable bonds is 4. The van der Waals surface area contributed by atoms with Crippen LogP contribution < -0.4 is 4.90 Å². The van der Waals surface area contributed by atoms with Crippen LogP contribution >= 0.6 is 23.1 Å². The zero-order chi connectivity index (χ0) is 19.8. The third kappa shape index (κ3) is 3.53. The molecule has 29 heavy (non-hydrogen) atoms. The molecule has 2 aliphatic rings. The highest BCUT2D eigenvalue weighted by molar-refractivity contribution is 8.00. The van der Waals surface area contributed by atoms with Gasteiger partial charge in [-0.1, -0.05) is 24.3 Å². The minimum atomic E-state index is 0.0554. The van der Waals surface area contributed by atoms with Crippen LogP contribution in [-0.2, 0) is 9.59 Å². The number of hydrogen-bond donors (Lipinski definition) is 0. The van der Waals surface area contributed by atoms with E-state index in [1.807, 2.05) is 47.4 Å². The van der Waals surface area contributed by atoms with Gasteiger partial charge >= 0.3 is 0 Å². The molecule has 5 rings (SSSR count). The number of hydrogen-bond acceptors (Lipinski definition) is 5. The zero-order valence-corrected chi connectivity index (χ0v) is 17.5. The smallest absolute Gasteiger partial charge is 0.237 e. The molecule has 1 atom stereocenters. The molecule has 0 N–H and O–H groups in total. The molecule has 3 heterocycles. The fourth-order valence-corrected chi connectivity index (χ4v) is 6.16. The molecule has 0 aliphatic carbocycles. The molecule has 7 heteroatoms. The van der Waals surface area contributed by atoms with Gasteiger partial charge in [0.25, 0.3) is 0 Å². The molecule has 148 valence electrons. The highest BCUT2D eigenvalue weighted by atomic mass is 32.2. The number of carbonyl (C=O) groups excluding carboxylic acids is 2. The second-order valence-electron chi connectivity index (χ2n) is 7.32. The summed E-state index contributed by atoms with van der Waals surface area (Å²) < 4.78 is 1.16. The standard InChI is InChI=1S/C22H21N3O2S2/c26-20(11-13-25-16-7-2-4-10-19(16)28-14-21(25)27)24-12-5-8-17(24)22-23-15-6-1-3-9-18(15)29-22/h1-4,6-7,9-10,17H,5,8,11-14H2/t17-/m1/s1. The van der Waals surface area contributed by atoms with Gasteiger partial charge in [0, 0.05) is 24.4 Å². The van der Waals surface area contributed by atoms with Crippen LogP contribution in [0.15, 0.2) is 53.4 Å². The number of nitrogens with zero attached hydrogens (tertiary/aromatic N) is 3. The van der Waals surface area contributed by atoms with Gasteiger partial charge in [-0.25, -0.2) is 4.98 Å². The van der Waals surface area contributed by atoms with Crippen molar-refractivity contribution in [2.24, 2.45) is 0 Å². The second kappa shape index (κ2) is 7.80. The van der Waals surface area contributed by atoms with Crippen molar-refractivity contribution in [3.8, 4) is 0 Å². The van der Waals surface area contributed by atoms with Gasteiger partial charge < -0.3 is 9.80 Å². The van der Waals surface area contributed by atoms with Crippen molar-refractivity contribution < 1.29 is 9.59 Å². The summed E-state index contributed by atoms with van der Waals surface area (Å²) >= 11 is 3.25. The van der Waals surface area contributed by atoms with E-state index in [9.17, 15) is 9.59 Å².